The maximum Gasteiger partial charge on any atom is 0.410 e. The fourth-order valence-corrected chi connectivity index (χ4v) is 4.91. The highest BCUT2D eigenvalue weighted by atomic mass is 16.6. The van der Waals surface area contributed by atoms with Crippen molar-refractivity contribution >= 4 is 23.0 Å². The topological polar surface area (TPSA) is 72.6 Å². The van der Waals surface area contributed by atoms with Gasteiger partial charge in [-0.25, -0.2) is 9.78 Å². The number of carbonyl (C=O) groups excluding carboxylic acids is 2. The molecule has 3 heterocycles. The third-order valence-electron chi connectivity index (χ3n) is 6.30. The molecule has 2 aliphatic rings. The van der Waals surface area contributed by atoms with Gasteiger partial charge >= 0.3 is 6.09 Å². The molecule has 0 spiro atoms. The number of nitrogens with zero attached hydrogens (tertiary/aromatic N) is 2. The Morgan fingerprint density at radius 2 is 1.83 bits per heavy atom. The van der Waals surface area contributed by atoms with Crippen molar-refractivity contribution in [2.45, 2.75) is 51.3 Å². The van der Waals surface area contributed by atoms with Crippen molar-refractivity contribution in [1.29, 1.82) is 0 Å². The predicted molar refractivity (Wildman–Crippen MR) is 111 cm³/mol. The standard InChI is InChI=1S/C24H24N2O4/c1-15-25-21-13-17(7-10-22(21)30-15)23(27)18-11-19-8-9-20(12-18)26(19)24(28)29-14-16-5-3-2-4-6-16/h2-7,10,13,18-20H,8-9,11-12,14H2,1H3. The number of ketones is 1. The Bertz CT molecular complexity index is 1080. The first-order chi connectivity index (χ1) is 14.6. The molecule has 2 unspecified atom stereocenters. The van der Waals surface area contributed by atoms with Crippen LogP contribution >= 0.6 is 0 Å². The van der Waals surface area contributed by atoms with Crippen LogP contribution in [0.1, 0.15) is 47.5 Å². The summed E-state index contributed by atoms with van der Waals surface area (Å²) in [6, 6.07) is 15.3. The van der Waals surface area contributed by atoms with Crippen LogP contribution < -0.4 is 0 Å². The molecule has 0 N–H and O–H groups in total. The lowest BCUT2D eigenvalue weighted by molar-refractivity contribution is 0.0485. The number of piperidine rings is 1. The van der Waals surface area contributed by atoms with E-state index in [2.05, 4.69) is 4.98 Å². The largest absolute Gasteiger partial charge is 0.445 e. The number of hydrogen-bond acceptors (Lipinski definition) is 5. The molecule has 2 aliphatic heterocycles. The fraction of sp³-hybridized carbons (Fsp3) is 0.375. The molecule has 1 amide bonds. The predicted octanol–water partition coefficient (Wildman–Crippen LogP) is 4.90. The normalized spacial score (nSPS) is 23.0. The third-order valence-corrected chi connectivity index (χ3v) is 6.30. The van der Waals surface area contributed by atoms with Crippen LogP contribution in [0.25, 0.3) is 11.1 Å². The van der Waals surface area contributed by atoms with Gasteiger partial charge in [0, 0.05) is 30.5 Å². The molecule has 0 radical (unpaired) electrons. The number of hydrogen-bond donors (Lipinski definition) is 0. The minimum Gasteiger partial charge on any atom is -0.445 e. The van der Waals surface area contributed by atoms with Gasteiger partial charge < -0.3 is 14.1 Å². The highest BCUT2D eigenvalue weighted by Crippen LogP contribution is 2.40. The zero-order valence-corrected chi connectivity index (χ0v) is 16.9. The highest BCUT2D eigenvalue weighted by Gasteiger charge is 2.46. The molecule has 2 saturated heterocycles. The smallest absolute Gasteiger partial charge is 0.410 e. The summed E-state index contributed by atoms with van der Waals surface area (Å²) in [6.45, 7) is 2.07. The number of aromatic nitrogens is 1. The average Bonchev–Trinajstić information content (AvgIpc) is 3.26. The van der Waals surface area contributed by atoms with Gasteiger partial charge in [0.2, 0.25) is 0 Å². The van der Waals surface area contributed by atoms with Crippen LogP contribution in [0.5, 0.6) is 0 Å². The van der Waals surface area contributed by atoms with Crippen LogP contribution in [0.2, 0.25) is 0 Å². The Balaban J connectivity index is 1.26. The van der Waals surface area contributed by atoms with Crippen molar-refractivity contribution < 1.29 is 18.7 Å². The molecule has 1 aromatic heterocycles. The zero-order chi connectivity index (χ0) is 20.7. The molecular formula is C24H24N2O4. The maximum atomic E-state index is 13.2. The Morgan fingerprint density at radius 1 is 1.10 bits per heavy atom. The molecule has 2 aromatic carbocycles. The minimum absolute atomic E-state index is 0.0685. The Labute approximate surface area is 174 Å². The zero-order valence-electron chi connectivity index (χ0n) is 16.9. The van der Waals surface area contributed by atoms with Crippen LogP contribution in [0.15, 0.2) is 52.9 Å². The SMILES string of the molecule is Cc1nc2cc(C(=O)C3CC4CCC(C3)N4C(=O)OCc3ccccc3)ccc2o1. The van der Waals surface area contributed by atoms with Gasteiger partial charge in [0.1, 0.15) is 12.1 Å². The molecule has 6 nitrogen and oxygen atoms in total. The lowest BCUT2D eigenvalue weighted by atomic mass is 9.85. The van der Waals surface area contributed by atoms with Crippen molar-refractivity contribution in [3.05, 3.63) is 65.5 Å². The van der Waals surface area contributed by atoms with Gasteiger partial charge in [-0.15, -0.1) is 0 Å². The summed E-state index contributed by atoms with van der Waals surface area (Å²) in [5.41, 5.74) is 3.05. The lowest BCUT2D eigenvalue weighted by Crippen LogP contribution is -2.48. The number of benzene rings is 2. The van der Waals surface area contributed by atoms with Crippen molar-refractivity contribution in [3.8, 4) is 0 Å². The summed E-state index contributed by atoms with van der Waals surface area (Å²) in [4.78, 5) is 32.1. The first kappa shape index (κ1) is 18.9. The molecule has 3 aromatic rings. The highest BCUT2D eigenvalue weighted by molar-refractivity contribution is 6.00. The van der Waals surface area contributed by atoms with Gasteiger partial charge in [-0.1, -0.05) is 30.3 Å². The summed E-state index contributed by atoms with van der Waals surface area (Å²) < 4.78 is 11.1. The lowest BCUT2D eigenvalue weighted by Gasteiger charge is -2.37. The van der Waals surface area contributed by atoms with Crippen molar-refractivity contribution in [3.63, 3.8) is 0 Å². The van der Waals surface area contributed by atoms with Crippen molar-refractivity contribution in [1.82, 2.24) is 9.88 Å². The number of fused-ring (bicyclic) bond motifs is 3. The molecular weight excluding hydrogens is 380 g/mol. The number of ether oxygens (including phenoxy) is 1. The van der Waals surface area contributed by atoms with Crippen LogP contribution in [0.3, 0.4) is 0 Å². The Morgan fingerprint density at radius 3 is 2.57 bits per heavy atom. The number of oxazole rings is 1. The van der Waals surface area contributed by atoms with E-state index in [1.807, 2.05) is 53.4 Å². The molecule has 154 valence electrons. The van der Waals surface area contributed by atoms with E-state index in [0.717, 1.165) is 18.4 Å². The average molecular weight is 404 g/mol. The van der Waals surface area contributed by atoms with E-state index in [9.17, 15) is 9.59 Å². The van der Waals surface area contributed by atoms with Crippen LogP contribution in [-0.2, 0) is 11.3 Å². The summed E-state index contributed by atoms with van der Waals surface area (Å²) in [6.07, 6.45) is 2.96. The van der Waals surface area contributed by atoms with Crippen LogP contribution in [0.4, 0.5) is 4.79 Å². The maximum absolute atomic E-state index is 13.2. The monoisotopic (exact) mass is 404 g/mol. The molecule has 5 rings (SSSR count). The Kier molecular flexibility index (Phi) is 4.77. The van der Waals surface area contributed by atoms with Gasteiger partial charge in [-0.2, -0.15) is 0 Å². The van der Waals surface area contributed by atoms with E-state index in [0.29, 0.717) is 35.4 Å². The fourth-order valence-electron chi connectivity index (χ4n) is 4.91. The van der Waals surface area contributed by atoms with Crippen molar-refractivity contribution in [2.75, 3.05) is 0 Å². The van der Waals surface area contributed by atoms with Crippen LogP contribution in [-0.4, -0.2) is 33.8 Å². The molecule has 6 heteroatoms. The summed E-state index contributed by atoms with van der Waals surface area (Å²) >= 11 is 0. The number of amides is 1. The Hall–Kier alpha value is -3.15. The van der Waals surface area contributed by atoms with E-state index >= 15 is 0 Å². The molecule has 2 bridgehead atoms. The first-order valence-electron chi connectivity index (χ1n) is 10.5. The van der Waals surface area contributed by atoms with Gasteiger partial charge in [0.15, 0.2) is 17.3 Å². The molecule has 30 heavy (non-hydrogen) atoms. The quantitative estimate of drug-likeness (QED) is 0.579. The van der Waals surface area contributed by atoms with E-state index in [1.165, 1.54) is 0 Å². The third kappa shape index (κ3) is 3.47. The number of aryl methyl sites for hydroxylation is 1. The number of carbonyl (C=O) groups is 2. The number of Topliss-reactive ketones (excluding diaryl/α,β-unsaturated/α-hetero) is 1. The summed E-state index contributed by atoms with van der Waals surface area (Å²) in [7, 11) is 0. The summed E-state index contributed by atoms with van der Waals surface area (Å²) in [5.74, 6) is 0.646. The molecule has 2 atom stereocenters. The van der Waals surface area contributed by atoms with Gasteiger partial charge in [-0.05, 0) is 49.4 Å². The van der Waals surface area contributed by atoms with Gasteiger partial charge in [-0.3, -0.25) is 4.79 Å². The number of rotatable bonds is 4. The molecule has 0 aliphatic carbocycles. The van der Waals surface area contributed by atoms with E-state index in [-0.39, 0.29) is 36.5 Å². The second-order valence-corrected chi connectivity index (χ2v) is 8.28. The second-order valence-electron chi connectivity index (χ2n) is 8.28. The van der Waals surface area contributed by atoms with Crippen LogP contribution in [0, 0.1) is 12.8 Å². The first-order valence-corrected chi connectivity index (χ1v) is 10.5. The van der Waals surface area contributed by atoms with Gasteiger partial charge in [0.05, 0.1) is 0 Å². The minimum atomic E-state index is -0.267. The van der Waals surface area contributed by atoms with Crippen molar-refractivity contribution in [2.24, 2.45) is 5.92 Å². The van der Waals surface area contributed by atoms with E-state index in [4.69, 9.17) is 9.15 Å². The molecule has 0 saturated carbocycles. The van der Waals surface area contributed by atoms with E-state index < -0.39 is 0 Å². The van der Waals surface area contributed by atoms with E-state index in [1.54, 1.807) is 6.92 Å². The summed E-state index contributed by atoms with van der Waals surface area (Å²) in [5, 5.41) is 0. The van der Waals surface area contributed by atoms with Gasteiger partial charge in [0.25, 0.3) is 0 Å². The second kappa shape index (κ2) is 7.59. The molecule has 2 fully saturated rings.